The van der Waals surface area contributed by atoms with Crippen LogP contribution in [0.5, 0.6) is 0 Å². The molecule has 3 rings (SSSR count). The number of rotatable bonds is 9. The van der Waals surface area contributed by atoms with E-state index >= 15 is 0 Å². The lowest BCUT2D eigenvalue weighted by molar-refractivity contribution is 0.291. The molecule has 0 fully saturated rings. The zero-order valence-corrected chi connectivity index (χ0v) is 16.4. The summed E-state index contributed by atoms with van der Waals surface area (Å²) in [5.41, 5.74) is 9.83. The van der Waals surface area contributed by atoms with E-state index in [0.717, 1.165) is 29.6 Å². The third kappa shape index (κ3) is 4.28. The molecular weight excluding hydrogens is 354 g/mol. The van der Waals surface area contributed by atoms with Crippen molar-refractivity contribution in [2.75, 3.05) is 13.2 Å². The first kappa shape index (κ1) is 19.8. The third-order valence-electron chi connectivity index (χ3n) is 4.57. The van der Waals surface area contributed by atoms with Gasteiger partial charge in [0.05, 0.1) is 35.5 Å². The Balaban J connectivity index is 1.99. The van der Waals surface area contributed by atoms with Crippen molar-refractivity contribution in [3.63, 3.8) is 0 Å². The highest BCUT2D eigenvalue weighted by Crippen LogP contribution is 2.25. The van der Waals surface area contributed by atoms with Crippen molar-refractivity contribution in [1.82, 2.24) is 24.4 Å². The van der Waals surface area contributed by atoms with Gasteiger partial charge in [0, 0.05) is 48.9 Å². The molecule has 8 nitrogen and oxygen atoms in total. The van der Waals surface area contributed by atoms with Gasteiger partial charge < -0.3 is 10.8 Å². The Labute approximate surface area is 164 Å². The van der Waals surface area contributed by atoms with Gasteiger partial charge in [0.15, 0.2) is 0 Å². The molecule has 3 N–H and O–H groups in total. The molecule has 3 aromatic heterocycles. The first-order valence-corrected chi connectivity index (χ1v) is 9.59. The fourth-order valence-electron chi connectivity index (χ4n) is 3.05. The van der Waals surface area contributed by atoms with Crippen molar-refractivity contribution in [2.24, 2.45) is 10.7 Å². The summed E-state index contributed by atoms with van der Waals surface area (Å²) < 4.78 is 3.77. The van der Waals surface area contributed by atoms with Crippen LogP contribution < -0.4 is 5.73 Å². The summed E-state index contributed by atoms with van der Waals surface area (Å²) in [5.74, 6) is 0. The van der Waals surface area contributed by atoms with Gasteiger partial charge >= 0.3 is 0 Å². The Morgan fingerprint density at radius 3 is 2.96 bits per heavy atom. The van der Waals surface area contributed by atoms with E-state index in [1.54, 1.807) is 16.9 Å². The van der Waals surface area contributed by atoms with E-state index in [4.69, 9.17) is 15.8 Å². The van der Waals surface area contributed by atoms with E-state index in [1.807, 2.05) is 29.3 Å². The number of aromatic nitrogens is 5. The molecule has 0 amide bonds. The van der Waals surface area contributed by atoms with E-state index in [-0.39, 0.29) is 6.61 Å². The summed E-state index contributed by atoms with van der Waals surface area (Å²) in [4.78, 5) is 9.14. The fourth-order valence-corrected chi connectivity index (χ4v) is 3.05. The number of allylic oxidation sites excluding steroid dienone is 1. The number of nitrogens with two attached hydrogens (primary N) is 1. The maximum Gasteiger partial charge on any atom is 0.0999 e. The second-order valence-corrected chi connectivity index (χ2v) is 6.72. The molecule has 0 bridgehead atoms. The number of nitrogens with zero attached hydrogens (tertiary/aromatic N) is 6. The van der Waals surface area contributed by atoms with E-state index in [9.17, 15) is 0 Å². The molecule has 1 atom stereocenters. The average Bonchev–Trinajstić information content (AvgIpc) is 3.37. The topological polar surface area (TPSA) is 107 Å². The van der Waals surface area contributed by atoms with Crippen molar-refractivity contribution >= 4 is 17.3 Å². The number of aliphatic hydroxyl groups excluding tert-OH is 1. The van der Waals surface area contributed by atoms with Crippen molar-refractivity contribution in [3.8, 4) is 11.3 Å². The standard InChI is InChI=1S/C20H27N7O/c1-3-5-15(2)26-13-17(12-24-26)20-19-6-8-23-27(19)14-18(25-20)16(10-21)11-22-7-4-9-28/h6,8,10-15,28H,3-5,7,9,21H2,1-2H3/t15-/m1/s1. The van der Waals surface area contributed by atoms with E-state index in [0.29, 0.717) is 30.3 Å². The van der Waals surface area contributed by atoms with Crippen LogP contribution in [0.3, 0.4) is 0 Å². The monoisotopic (exact) mass is 381 g/mol. The van der Waals surface area contributed by atoms with Gasteiger partial charge in [-0.3, -0.25) is 9.67 Å². The largest absolute Gasteiger partial charge is 0.404 e. The van der Waals surface area contributed by atoms with Gasteiger partial charge in [-0.1, -0.05) is 13.3 Å². The summed E-state index contributed by atoms with van der Waals surface area (Å²) in [5, 5.41) is 17.8. The van der Waals surface area contributed by atoms with E-state index < -0.39 is 0 Å². The minimum absolute atomic E-state index is 0.112. The highest BCUT2D eigenvalue weighted by molar-refractivity contribution is 6.09. The Bertz CT molecular complexity index is 970. The first-order valence-electron chi connectivity index (χ1n) is 9.59. The van der Waals surface area contributed by atoms with Gasteiger partial charge in [-0.05, 0) is 25.8 Å². The van der Waals surface area contributed by atoms with Crippen molar-refractivity contribution < 1.29 is 5.11 Å². The lowest BCUT2D eigenvalue weighted by Gasteiger charge is -2.10. The molecule has 0 aliphatic carbocycles. The highest BCUT2D eigenvalue weighted by Gasteiger charge is 2.14. The molecule has 148 valence electrons. The lowest BCUT2D eigenvalue weighted by Crippen LogP contribution is -2.04. The number of hydrogen-bond acceptors (Lipinski definition) is 6. The van der Waals surface area contributed by atoms with Gasteiger partial charge in [0.25, 0.3) is 0 Å². The summed E-state index contributed by atoms with van der Waals surface area (Å²) in [6.45, 7) is 4.98. The summed E-state index contributed by atoms with van der Waals surface area (Å²) in [6.07, 6.45) is 13.4. The fraction of sp³-hybridized carbons (Fsp3) is 0.400. The van der Waals surface area contributed by atoms with Crippen molar-refractivity contribution in [1.29, 1.82) is 0 Å². The van der Waals surface area contributed by atoms with Gasteiger partial charge in [0.2, 0.25) is 0 Å². The van der Waals surface area contributed by atoms with Crippen LogP contribution in [0.2, 0.25) is 0 Å². The van der Waals surface area contributed by atoms with Crippen LogP contribution in [0, 0.1) is 0 Å². The second-order valence-electron chi connectivity index (χ2n) is 6.72. The molecule has 0 saturated heterocycles. The van der Waals surface area contributed by atoms with Crippen LogP contribution in [-0.4, -0.2) is 48.9 Å². The molecule has 3 heterocycles. The molecule has 0 radical (unpaired) electrons. The van der Waals surface area contributed by atoms with Crippen LogP contribution in [-0.2, 0) is 0 Å². The normalized spacial score (nSPS) is 13.6. The quantitative estimate of drug-likeness (QED) is 0.438. The zero-order valence-electron chi connectivity index (χ0n) is 16.4. The zero-order chi connectivity index (χ0) is 19.9. The van der Waals surface area contributed by atoms with Gasteiger partial charge in [-0.25, -0.2) is 9.50 Å². The SMILES string of the molecule is CCC[C@@H](C)n1cc(-c2nc(C(C=NCCCO)=CN)cn3nccc23)cn1. The molecule has 28 heavy (non-hydrogen) atoms. The Kier molecular flexibility index (Phi) is 6.54. The van der Waals surface area contributed by atoms with Crippen LogP contribution in [0.25, 0.3) is 22.3 Å². The van der Waals surface area contributed by atoms with Gasteiger partial charge in [-0.2, -0.15) is 10.2 Å². The van der Waals surface area contributed by atoms with Crippen LogP contribution >= 0.6 is 0 Å². The summed E-state index contributed by atoms with van der Waals surface area (Å²) in [6, 6.07) is 2.26. The molecule has 0 spiro atoms. The van der Waals surface area contributed by atoms with Gasteiger partial charge in [0.1, 0.15) is 0 Å². The Morgan fingerprint density at radius 1 is 1.36 bits per heavy atom. The maximum absolute atomic E-state index is 8.89. The number of hydrogen-bond donors (Lipinski definition) is 2. The molecule has 3 aromatic rings. The second kappa shape index (κ2) is 9.27. The maximum atomic E-state index is 8.89. The summed E-state index contributed by atoms with van der Waals surface area (Å²) in [7, 11) is 0. The average molecular weight is 381 g/mol. The van der Waals surface area contributed by atoms with E-state index in [1.165, 1.54) is 6.20 Å². The van der Waals surface area contributed by atoms with Crippen LogP contribution in [0.1, 0.15) is 44.8 Å². The predicted octanol–water partition coefficient (Wildman–Crippen LogP) is 2.71. The number of aliphatic imine (C=N–C) groups is 1. The predicted molar refractivity (Wildman–Crippen MR) is 111 cm³/mol. The molecular formula is C20H27N7O. The first-order chi connectivity index (χ1) is 13.7. The Morgan fingerprint density at radius 2 is 2.21 bits per heavy atom. The minimum Gasteiger partial charge on any atom is -0.404 e. The minimum atomic E-state index is 0.112. The molecule has 0 aliphatic heterocycles. The van der Waals surface area contributed by atoms with E-state index in [2.05, 4.69) is 29.0 Å². The van der Waals surface area contributed by atoms with Gasteiger partial charge in [-0.15, -0.1) is 0 Å². The number of fused-ring (bicyclic) bond motifs is 1. The summed E-state index contributed by atoms with van der Waals surface area (Å²) >= 11 is 0. The lowest BCUT2D eigenvalue weighted by atomic mass is 10.1. The molecule has 0 aromatic carbocycles. The molecule has 0 aliphatic rings. The molecule has 0 unspecified atom stereocenters. The van der Waals surface area contributed by atoms with Crippen molar-refractivity contribution in [2.45, 2.75) is 39.2 Å². The number of aliphatic hydroxyl groups is 1. The Hall–Kier alpha value is -3.00. The van der Waals surface area contributed by atoms with Crippen LogP contribution in [0.15, 0.2) is 42.0 Å². The smallest absolute Gasteiger partial charge is 0.0999 e. The highest BCUT2D eigenvalue weighted by atomic mass is 16.3. The van der Waals surface area contributed by atoms with Crippen molar-refractivity contribution in [3.05, 3.63) is 42.7 Å². The van der Waals surface area contributed by atoms with Crippen LogP contribution in [0.4, 0.5) is 0 Å². The molecule has 0 saturated carbocycles. The molecule has 8 heteroatoms. The third-order valence-corrected chi connectivity index (χ3v) is 4.57.